The second-order valence-electron chi connectivity index (χ2n) is 7.85. The maximum atomic E-state index is 13.7. The molecule has 0 bridgehead atoms. The van der Waals surface area contributed by atoms with Crippen LogP contribution in [0.5, 0.6) is 0 Å². The van der Waals surface area contributed by atoms with Gasteiger partial charge < -0.3 is 9.64 Å². The Morgan fingerprint density at radius 3 is 2.48 bits per heavy atom. The summed E-state index contributed by atoms with van der Waals surface area (Å²) in [5.41, 5.74) is 1.59. The minimum Gasteiger partial charge on any atom is -0.462 e. The van der Waals surface area contributed by atoms with Gasteiger partial charge in [-0.05, 0) is 38.3 Å². The van der Waals surface area contributed by atoms with Crippen LogP contribution in [0.1, 0.15) is 40.7 Å². The van der Waals surface area contributed by atoms with Crippen LogP contribution in [0.25, 0.3) is 0 Å². The molecule has 0 radical (unpaired) electrons. The van der Waals surface area contributed by atoms with Crippen molar-refractivity contribution in [1.29, 1.82) is 0 Å². The fourth-order valence-corrected chi connectivity index (χ4v) is 4.86. The molecule has 1 aliphatic rings. The molecule has 4 rings (SSSR count). The van der Waals surface area contributed by atoms with Gasteiger partial charge in [-0.25, -0.2) is 19.7 Å². The van der Waals surface area contributed by atoms with Crippen molar-refractivity contribution in [3.8, 4) is 0 Å². The highest BCUT2D eigenvalue weighted by Gasteiger charge is 2.32. The fourth-order valence-electron chi connectivity index (χ4n) is 3.89. The van der Waals surface area contributed by atoms with Crippen LogP contribution in [0.3, 0.4) is 0 Å². The third-order valence-electron chi connectivity index (χ3n) is 5.61. The molecule has 1 fully saturated rings. The lowest BCUT2D eigenvalue weighted by molar-refractivity contribution is -0.123. The zero-order valence-corrected chi connectivity index (χ0v) is 19.6. The van der Waals surface area contributed by atoms with Gasteiger partial charge in [0.05, 0.1) is 18.8 Å². The molecule has 9 heteroatoms. The average Bonchev–Trinajstić information content (AvgIpc) is 3.25. The summed E-state index contributed by atoms with van der Waals surface area (Å²) in [6.45, 7) is 5.66. The quantitative estimate of drug-likeness (QED) is 0.490. The summed E-state index contributed by atoms with van der Waals surface area (Å²) in [6.07, 6.45) is 4.87. The summed E-state index contributed by atoms with van der Waals surface area (Å²) in [4.78, 5) is 43.5. The summed E-state index contributed by atoms with van der Waals surface area (Å²) in [5, 5.41) is 0.526. The third-order valence-corrected chi connectivity index (χ3v) is 6.77. The topological polar surface area (TPSA) is 88.5 Å². The molecule has 3 heterocycles. The number of hydrogen-bond acceptors (Lipinski definition) is 8. The number of benzene rings is 1. The zero-order valence-electron chi connectivity index (χ0n) is 18.8. The number of esters is 1. The van der Waals surface area contributed by atoms with Crippen LogP contribution in [0.2, 0.25) is 0 Å². The molecule has 0 saturated carbocycles. The Hall–Kier alpha value is -3.33. The first-order chi connectivity index (χ1) is 16.1. The number of ether oxygens (including phenoxy) is 1. The fraction of sp³-hybridized carbons (Fsp3) is 0.375. The molecule has 0 N–H and O–H groups in total. The predicted molar refractivity (Wildman–Crippen MR) is 127 cm³/mol. The molecule has 0 unspecified atom stereocenters. The Morgan fingerprint density at radius 2 is 1.82 bits per heavy atom. The number of anilines is 2. The number of piperidine rings is 1. The van der Waals surface area contributed by atoms with Gasteiger partial charge in [-0.1, -0.05) is 41.7 Å². The molecule has 1 amide bonds. The first-order valence-electron chi connectivity index (χ1n) is 11.1. The van der Waals surface area contributed by atoms with Gasteiger partial charge in [0.25, 0.3) is 0 Å². The standard InChI is InChI=1S/C24H27N5O3S/c1-3-32-22(31)20-17(2)27-24(33-20)29(16-18-8-5-4-6-9-18)21(30)19-10-14-28(15-11-19)23-25-12-7-13-26-23/h4-9,12-13,19H,3,10-11,14-16H2,1-2H3. The van der Waals surface area contributed by atoms with E-state index in [2.05, 4.69) is 19.9 Å². The molecule has 33 heavy (non-hydrogen) atoms. The Balaban J connectivity index is 1.54. The van der Waals surface area contributed by atoms with Crippen molar-refractivity contribution in [1.82, 2.24) is 15.0 Å². The Kier molecular flexibility index (Phi) is 7.29. The Labute approximate surface area is 197 Å². The lowest BCUT2D eigenvalue weighted by atomic mass is 9.95. The summed E-state index contributed by atoms with van der Waals surface area (Å²) in [5.74, 6) is 0.182. The third kappa shape index (κ3) is 5.36. The van der Waals surface area contributed by atoms with Gasteiger partial charge in [0.2, 0.25) is 11.9 Å². The largest absolute Gasteiger partial charge is 0.462 e. The van der Waals surface area contributed by atoms with Crippen molar-refractivity contribution < 1.29 is 14.3 Å². The molecule has 2 aromatic heterocycles. The molecule has 172 valence electrons. The SMILES string of the molecule is CCOC(=O)c1sc(N(Cc2ccccc2)C(=O)C2CCN(c3ncccn3)CC2)nc1C. The zero-order chi connectivity index (χ0) is 23.2. The highest BCUT2D eigenvalue weighted by molar-refractivity contribution is 7.17. The minimum atomic E-state index is -0.401. The second-order valence-corrected chi connectivity index (χ2v) is 8.83. The molecule has 0 aliphatic carbocycles. The summed E-state index contributed by atoms with van der Waals surface area (Å²) < 4.78 is 5.16. The smallest absolute Gasteiger partial charge is 0.350 e. The molecule has 1 aliphatic heterocycles. The van der Waals surface area contributed by atoms with Crippen molar-refractivity contribution in [2.24, 2.45) is 5.92 Å². The highest BCUT2D eigenvalue weighted by Crippen LogP contribution is 2.31. The molecule has 8 nitrogen and oxygen atoms in total. The first kappa shape index (κ1) is 22.8. The maximum absolute atomic E-state index is 13.7. The number of hydrogen-bond donors (Lipinski definition) is 0. The van der Waals surface area contributed by atoms with Crippen molar-refractivity contribution in [3.63, 3.8) is 0 Å². The van der Waals surface area contributed by atoms with Crippen LogP contribution >= 0.6 is 11.3 Å². The maximum Gasteiger partial charge on any atom is 0.350 e. The van der Waals surface area contributed by atoms with Crippen LogP contribution in [-0.4, -0.2) is 46.5 Å². The van der Waals surface area contributed by atoms with E-state index in [-0.39, 0.29) is 11.8 Å². The summed E-state index contributed by atoms with van der Waals surface area (Å²) in [7, 11) is 0. The van der Waals surface area contributed by atoms with Gasteiger partial charge >= 0.3 is 5.97 Å². The molecular formula is C24H27N5O3S. The van der Waals surface area contributed by atoms with Gasteiger partial charge in [0.15, 0.2) is 5.13 Å². The van der Waals surface area contributed by atoms with Crippen LogP contribution in [-0.2, 0) is 16.1 Å². The van der Waals surface area contributed by atoms with E-state index in [4.69, 9.17) is 4.74 Å². The number of nitrogens with zero attached hydrogens (tertiary/aromatic N) is 5. The Bertz CT molecular complexity index is 1080. The molecule has 3 aromatic rings. The van der Waals surface area contributed by atoms with Gasteiger partial charge in [0.1, 0.15) is 4.88 Å². The monoisotopic (exact) mass is 465 g/mol. The number of thiazole rings is 1. The average molecular weight is 466 g/mol. The van der Waals surface area contributed by atoms with Crippen molar-refractivity contribution in [2.45, 2.75) is 33.2 Å². The van der Waals surface area contributed by atoms with Gasteiger partial charge in [-0.3, -0.25) is 9.69 Å². The van der Waals surface area contributed by atoms with Gasteiger partial charge in [-0.15, -0.1) is 0 Å². The first-order valence-corrected chi connectivity index (χ1v) is 11.9. The number of aromatic nitrogens is 3. The minimum absolute atomic E-state index is 0.0247. The summed E-state index contributed by atoms with van der Waals surface area (Å²) >= 11 is 1.21. The molecule has 0 atom stereocenters. The van der Waals surface area contributed by atoms with Crippen LogP contribution in [0.4, 0.5) is 11.1 Å². The van der Waals surface area contributed by atoms with Crippen LogP contribution in [0, 0.1) is 12.8 Å². The number of carbonyl (C=O) groups excluding carboxylic acids is 2. The Morgan fingerprint density at radius 1 is 1.12 bits per heavy atom. The normalized spacial score (nSPS) is 14.2. The number of carbonyl (C=O) groups is 2. The molecule has 1 saturated heterocycles. The van der Waals surface area contributed by atoms with Crippen LogP contribution in [0.15, 0.2) is 48.8 Å². The van der Waals surface area contributed by atoms with E-state index < -0.39 is 5.97 Å². The van der Waals surface area contributed by atoms with Gasteiger partial charge in [0, 0.05) is 31.4 Å². The second kappa shape index (κ2) is 10.5. The lowest BCUT2D eigenvalue weighted by Crippen LogP contribution is -2.43. The predicted octanol–water partition coefficient (Wildman–Crippen LogP) is 3.87. The van der Waals surface area contributed by atoms with E-state index >= 15 is 0 Å². The van der Waals surface area contributed by atoms with E-state index in [1.54, 1.807) is 37.2 Å². The van der Waals surface area contributed by atoms with Crippen molar-refractivity contribution in [2.75, 3.05) is 29.5 Å². The highest BCUT2D eigenvalue weighted by atomic mass is 32.1. The van der Waals surface area contributed by atoms with Crippen molar-refractivity contribution >= 4 is 34.3 Å². The van der Waals surface area contributed by atoms with Crippen LogP contribution < -0.4 is 9.80 Å². The van der Waals surface area contributed by atoms with E-state index in [1.807, 2.05) is 30.3 Å². The molecule has 1 aromatic carbocycles. The van der Waals surface area contributed by atoms with E-state index in [1.165, 1.54) is 11.3 Å². The van der Waals surface area contributed by atoms with E-state index in [0.717, 1.165) is 5.56 Å². The molecule has 0 spiro atoms. The van der Waals surface area contributed by atoms with Crippen molar-refractivity contribution in [3.05, 3.63) is 64.9 Å². The molecular weight excluding hydrogens is 438 g/mol. The lowest BCUT2D eigenvalue weighted by Gasteiger charge is -2.33. The van der Waals surface area contributed by atoms with E-state index in [0.29, 0.717) is 60.7 Å². The number of aryl methyl sites for hydroxylation is 1. The number of amides is 1. The summed E-state index contributed by atoms with van der Waals surface area (Å²) in [6, 6.07) is 11.6. The van der Waals surface area contributed by atoms with Gasteiger partial charge in [-0.2, -0.15) is 0 Å². The van der Waals surface area contributed by atoms with E-state index in [9.17, 15) is 9.59 Å². The number of rotatable bonds is 7.